The first-order valence-electron chi connectivity index (χ1n) is 6.25. The van der Waals surface area contributed by atoms with Crippen molar-refractivity contribution >= 4 is 0 Å². The highest BCUT2D eigenvalue weighted by atomic mass is 15.3. The predicted molar refractivity (Wildman–Crippen MR) is 66.3 cm³/mol. The predicted octanol–water partition coefficient (Wildman–Crippen LogP) is 2.75. The van der Waals surface area contributed by atoms with E-state index in [9.17, 15) is 0 Å². The lowest BCUT2D eigenvalue weighted by Gasteiger charge is -2.44. The minimum atomic E-state index is 0.245. The van der Waals surface area contributed by atoms with Crippen LogP contribution in [0.2, 0.25) is 0 Å². The molecule has 1 aliphatic heterocycles. The van der Waals surface area contributed by atoms with Crippen molar-refractivity contribution in [3.63, 3.8) is 0 Å². The van der Waals surface area contributed by atoms with Crippen molar-refractivity contribution in [3.05, 3.63) is 18.0 Å². The van der Waals surface area contributed by atoms with Gasteiger partial charge in [0.1, 0.15) is 0 Å². The van der Waals surface area contributed by atoms with Crippen molar-refractivity contribution in [1.82, 2.24) is 14.7 Å². The molecule has 0 amide bonds. The van der Waals surface area contributed by atoms with Crippen molar-refractivity contribution < 1.29 is 0 Å². The lowest BCUT2D eigenvalue weighted by Crippen LogP contribution is -2.46. The van der Waals surface area contributed by atoms with Gasteiger partial charge in [-0.1, -0.05) is 6.42 Å². The monoisotopic (exact) mass is 221 g/mol. The Bertz CT molecular complexity index is 348. The van der Waals surface area contributed by atoms with E-state index in [0.29, 0.717) is 6.04 Å². The van der Waals surface area contributed by atoms with Gasteiger partial charge in [0.2, 0.25) is 0 Å². The molecule has 2 heterocycles. The van der Waals surface area contributed by atoms with Gasteiger partial charge >= 0.3 is 0 Å². The van der Waals surface area contributed by atoms with Gasteiger partial charge in [0.15, 0.2) is 0 Å². The third kappa shape index (κ3) is 2.14. The summed E-state index contributed by atoms with van der Waals surface area (Å²) in [7, 11) is 2.05. The first-order valence-corrected chi connectivity index (χ1v) is 6.25. The normalized spacial score (nSPS) is 23.6. The molecule has 1 aromatic rings. The number of aryl methyl sites for hydroxylation is 1. The van der Waals surface area contributed by atoms with Crippen molar-refractivity contribution in [2.75, 3.05) is 6.54 Å². The number of likely N-dealkylation sites (tertiary alicyclic amines) is 1. The summed E-state index contributed by atoms with van der Waals surface area (Å²) >= 11 is 0. The zero-order valence-electron chi connectivity index (χ0n) is 10.9. The maximum atomic E-state index is 4.30. The minimum Gasteiger partial charge on any atom is -0.290 e. The van der Waals surface area contributed by atoms with Crippen LogP contribution >= 0.6 is 0 Å². The lowest BCUT2D eigenvalue weighted by atomic mass is 9.93. The summed E-state index contributed by atoms with van der Waals surface area (Å²) in [6, 6.07) is 2.70. The van der Waals surface area contributed by atoms with E-state index < -0.39 is 0 Å². The molecule has 1 atom stereocenters. The maximum Gasteiger partial charge on any atom is 0.0552 e. The molecule has 1 saturated heterocycles. The van der Waals surface area contributed by atoms with Crippen molar-refractivity contribution in [2.45, 2.75) is 51.6 Å². The lowest BCUT2D eigenvalue weighted by molar-refractivity contribution is 0.0469. The fraction of sp³-hybridized carbons (Fsp3) is 0.769. The van der Waals surface area contributed by atoms with Gasteiger partial charge in [-0.2, -0.15) is 5.10 Å². The summed E-state index contributed by atoms with van der Waals surface area (Å²) in [5, 5.41) is 4.30. The SMILES string of the molecule is Cn1nccc1[C@@H]1CCCCN1C(C)(C)C. The zero-order valence-corrected chi connectivity index (χ0v) is 10.9. The van der Waals surface area contributed by atoms with E-state index in [1.807, 2.05) is 17.9 Å². The van der Waals surface area contributed by atoms with Crippen molar-refractivity contribution in [3.8, 4) is 0 Å². The number of hydrogen-bond donors (Lipinski definition) is 0. The Hall–Kier alpha value is -0.830. The van der Waals surface area contributed by atoms with Gasteiger partial charge in [-0.05, 0) is 46.2 Å². The fourth-order valence-corrected chi connectivity index (χ4v) is 2.75. The maximum absolute atomic E-state index is 4.30. The molecule has 2 rings (SSSR count). The third-order valence-electron chi connectivity index (χ3n) is 3.56. The van der Waals surface area contributed by atoms with Crippen molar-refractivity contribution in [1.29, 1.82) is 0 Å². The highest BCUT2D eigenvalue weighted by Gasteiger charge is 2.33. The Balaban J connectivity index is 2.27. The Labute approximate surface area is 98.4 Å². The first kappa shape index (κ1) is 11.6. The summed E-state index contributed by atoms with van der Waals surface area (Å²) in [5.74, 6) is 0. The molecule has 90 valence electrons. The third-order valence-corrected chi connectivity index (χ3v) is 3.56. The molecule has 0 unspecified atom stereocenters. The van der Waals surface area contributed by atoms with Gasteiger partial charge < -0.3 is 0 Å². The summed E-state index contributed by atoms with van der Waals surface area (Å²) in [5.41, 5.74) is 1.60. The summed E-state index contributed by atoms with van der Waals surface area (Å²) in [4.78, 5) is 2.62. The second-order valence-electron chi connectivity index (χ2n) is 5.76. The summed E-state index contributed by atoms with van der Waals surface area (Å²) < 4.78 is 2.02. The average Bonchev–Trinajstić information content (AvgIpc) is 2.63. The minimum absolute atomic E-state index is 0.245. The molecule has 0 aliphatic carbocycles. The van der Waals surface area contributed by atoms with E-state index in [-0.39, 0.29) is 5.54 Å². The highest BCUT2D eigenvalue weighted by Crippen LogP contribution is 2.35. The Morgan fingerprint density at radius 1 is 1.31 bits per heavy atom. The van der Waals surface area contributed by atoms with Crippen LogP contribution in [0.5, 0.6) is 0 Å². The standard InChI is InChI=1S/C13H23N3/c1-13(2,3)16-10-6-5-7-12(16)11-8-9-14-15(11)4/h8-9,12H,5-7,10H2,1-4H3/t12-/m0/s1. The Morgan fingerprint density at radius 3 is 2.62 bits per heavy atom. The number of rotatable bonds is 1. The topological polar surface area (TPSA) is 21.1 Å². The molecule has 1 aliphatic rings. The summed E-state index contributed by atoms with van der Waals surface area (Å²) in [6.07, 6.45) is 5.83. The van der Waals surface area contributed by atoms with E-state index in [4.69, 9.17) is 0 Å². The second kappa shape index (κ2) is 4.21. The summed E-state index contributed by atoms with van der Waals surface area (Å²) in [6.45, 7) is 8.13. The molecule has 3 heteroatoms. The average molecular weight is 221 g/mol. The number of piperidine rings is 1. The van der Waals surface area contributed by atoms with Crippen LogP contribution in [0.4, 0.5) is 0 Å². The van der Waals surface area contributed by atoms with Gasteiger partial charge in [0.25, 0.3) is 0 Å². The van der Waals surface area contributed by atoms with E-state index in [2.05, 4.69) is 36.8 Å². The van der Waals surface area contributed by atoms with Crippen LogP contribution in [0.15, 0.2) is 12.3 Å². The van der Waals surface area contributed by atoms with E-state index in [1.54, 1.807) is 0 Å². The number of hydrogen-bond acceptors (Lipinski definition) is 2. The Kier molecular flexibility index (Phi) is 3.06. The molecular weight excluding hydrogens is 198 g/mol. The van der Waals surface area contributed by atoms with E-state index in [1.165, 1.54) is 31.5 Å². The highest BCUT2D eigenvalue weighted by molar-refractivity contribution is 5.09. The quantitative estimate of drug-likeness (QED) is 0.727. The fourth-order valence-electron chi connectivity index (χ4n) is 2.75. The molecule has 0 aromatic carbocycles. The molecule has 16 heavy (non-hydrogen) atoms. The molecule has 0 bridgehead atoms. The van der Waals surface area contributed by atoms with Crippen LogP contribution in [0, 0.1) is 0 Å². The van der Waals surface area contributed by atoms with Crippen LogP contribution in [0.1, 0.15) is 51.8 Å². The Morgan fingerprint density at radius 2 is 2.06 bits per heavy atom. The van der Waals surface area contributed by atoms with Crippen LogP contribution in [-0.4, -0.2) is 26.8 Å². The van der Waals surface area contributed by atoms with Crippen LogP contribution in [-0.2, 0) is 7.05 Å². The van der Waals surface area contributed by atoms with Gasteiger partial charge in [-0.25, -0.2) is 0 Å². The van der Waals surface area contributed by atoms with Crippen LogP contribution in [0.3, 0.4) is 0 Å². The zero-order chi connectivity index (χ0) is 11.8. The molecular formula is C13H23N3. The van der Waals surface area contributed by atoms with Gasteiger partial charge in [0, 0.05) is 18.8 Å². The first-order chi connectivity index (χ1) is 7.50. The van der Waals surface area contributed by atoms with Crippen LogP contribution in [0.25, 0.3) is 0 Å². The smallest absolute Gasteiger partial charge is 0.0552 e. The number of aromatic nitrogens is 2. The molecule has 0 saturated carbocycles. The van der Waals surface area contributed by atoms with E-state index in [0.717, 1.165) is 0 Å². The molecule has 0 N–H and O–H groups in total. The molecule has 3 nitrogen and oxygen atoms in total. The largest absolute Gasteiger partial charge is 0.290 e. The van der Waals surface area contributed by atoms with Crippen molar-refractivity contribution in [2.24, 2.45) is 7.05 Å². The number of nitrogens with zero attached hydrogens (tertiary/aromatic N) is 3. The molecule has 1 aromatic heterocycles. The van der Waals surface area contributed by atoms with Crippen LogP contribution < -0.4 is 0 Å². The molecule has 0 spiro atoms. The molecule has 1 fully saturated rings. The van der Waals surface area contributed by atoms with Gasteiger partial charge in [-0.3, -0.25) is 9.58 Å². The second-order valence-corrected chi connectivity index (χ2v) is 5.76. The van der Waals surface area contributed by atoms with Gasteiger partial charge in [0.05, 0.1) is 11.7 Å². The van der Waals surface area contributed by atoms with E-state index >= 15 is 0 Å². The molecule has 0 radical (unpaired) electrons. The van der Waals surface area contributed by atoms with Gasteiger partial charge in [-0.15, -0.1) is 0 Å².